The fraction of sp³-hybridized carbons (Fsp3) is 0.417. The van der Waals surface area contributed by atoms with Crippen LogP contribution in [-0.4, -0.2) is 11.1 Å². The Bertz CT molecular complexity index is 344. The quantitative estimate of drug-likeness (QED) is 0.626. The average molecular weight is 222 g/mol. The topological polar surface area (TPSA) is 55.6 Å². The molecule has 0 radical (unpaired) electrons. The molecule has 1 aromatic rings. The van der Waals surface area contributed by atoms with Crippen LogP contribution in [0.4, 0.5) is 0 Å². The monoisotopic (exact) mass is 222 g/mol. The number of carbonyl (C=O) groups is 1. The summed E-state index contributed by atoms with van der Waals surface area (Å²) in [5, 5.41) is 1.06. The van der Waals surface area contributed by atoms with Gasteiger partial charge in [0.1, 0.15) is 0 Å². The molecule has 0 saturated carbocycles. The number of nitrogens with two attached hydrogens (primary N) is 1. The normalized spacial score (nSPS) is 11.6. The van der Waals surface area contributed by atoms with Gasteiger partial charge in [-0.1, -0.05) is 35.5 Å². The van der Waals surface area contributed by atoms with E-state index in [1.54, 1.807) is 20.8 Å². The maximum absolute atomic E-state index is 11.5. The van der Waals surface area contributed by atoms with Gasteiger partial charge in [0.2, 0.25) is 0 Å². The SMILES string of the molecule is CC(C)(C)C(=O)ON(N)Cc1ccccc1. The summed E-state index contributed by atoms with van der Waals surface area (Å²) in [6.45, 7) is 5.73. The summed E-state index contributed by atoms with van der Waals surface area (Å²) in [5.74, 6) is 5.25. The molecular formula is C12H18N2O2. The summed E-state index contributed by atoms with van der Waals surface area (Å²) in [6, 6.07) is 9.59. The van der Waals surface area contributed by atoms with E-state index in [-0.39, 0.29) is 5.97 Å². The van der Waals surface area contributed by atoms with E-state index in [0.717, 1.165) is 10.7 Å². The maximum atomic E-state index is 11.5. The van der Waals surface area contributed by atoms with Gasteiger partial charge in [-0.2, -0.15) is 0 Å². The van der Waals surface area contributed by atoms with E-state index in [1.807, 2.05) is 30.3 Å². The van der Waals surface area contributed by atoms with Gasteiger partial charge >= 0.3 is 5.97 Å². The Morgan fingerprint density at radius 2 is 1.88 bits per heavy atom. The van der Waals surface area contributed by atoms with E-state index in [9.17, 15) is 4.79 Å². The van der Waals surface area contributed by atoms with E-state index >= 15 is 0 Å². The van der Waals surface area contributed by atoms with Crippen LogP contribution in [0, 0.1) is 5.41 Å². The highest BCUT2D eigenvalue weighted by atomic mass is 16.7. The lowest BCUT2D eigenvalue weighted by atomic mass is 9.98. The zero-order chi connectivity index (χ0) is 12.2. The van der Waals surface area contributed by atoms with Crippen LogP contribution in [0.25, 0.3) is 0 Å². The highest BCUT2D eigenvalue weighted by Gasteiger charge is 2.25. The van der Waals surface area contributed by atoms with E-state index in [4.69, 9.17) is 10.7 Å². The molecule has 88 valence electrons. The zero-order valence-corrected chi connectivity index (χ0v) is 9.93. The number of hydrogen-bond donors (Lipinski definition) is 1. The van der Waals surface area contributed by atoms with Crippen LogP contribution in [0.15, 0.2) is 30.3 Å². The van der Waals surface area contributed by atoms with Crippen molar-refractivity contribution < 1.29 is 9.63 Å². The van der Waals surface area contributed by atoms with Crippen molar-refractivity contribution in [3.63, 3.8) is 0 Å². The molecule has 0 spiro atoms. The lowest BCUT2D eigenvalue weighted by Crippen LogP contribution is -2.37. The van der Waals surface area contributed by atoms with Crippen LogP contribution in [0.5, 0.6) is 0 Å². The first-order valence-electron chi connectivity index (χ1n) is 5.18. The molecular weight excluding hydrogens is 204 g/mol. The van der Waals surface area contributed by atoms with Crippen LogP contribution in [-0.2, 0) is 16.2 Å². The minimum absolute atomic E-state index is 0.342. The van der Waals surface area contributed by atoms with Gasteiger partial charge in [0.15, 0.2) is 0 Å². The van der Waals surface area contributed by atoms with Crippen molar-refractivity contribution >= 4 is 5.97 Å². The second-order valence-corrected chi connectivity index (χ2v) is 4.69. The highest BCUT2D eigenvalue weighted by Crippen LogP contribution is 2.15. The third-order valence-corrected chi connectivity index (χ3v) is 1.99. The molecule has 4 heteroatoms. The smallest absolute Gasteiger partial charge is 0.332 e. The van der Waals surface area contributed by atoms with Gasteiger partial charge in [0, 0.05) is 0 Å². The molecule has 0 aliphatic rings. The fourth-order valence-electron chi connectivity index (χ4n) is 1.04. The van der Waals surface area contributed by atoms with Crippen molar-refractivity contribution in [2.24, 2.45) is 11.3 Å². The van der Waals surface area contributed by atoms with Crippen LogP contribution < -0.4 is 5.84 Å². The molecule has 1 rings (SSSR count). The zero-order valence-electron chi connectivity index (χ0n) is 9.93. The third kappa shape index (κ3) is 4.00. The second-order valence-electron chi connectivity index (χ2n) is 4.69. The van der Waals surface area contributed by atoms with Crippen molar-refractivity contribution in [2.45, 2.75) is 27.3 Å². The Balaban J connectivity index is 2.49. The third-order valence-electron chi connectivity index (χ3n) is 1.99. The molecule has 16 heavy (non-hydrogen) atoms. The molecule has 0 bridgehead atoms. The van der Waals surface area contributed by atoms with E-state index < -0.39 is 5.41 Å². The molecule has 2 N–H and O–H groups in total. The number of carbonyl (C=O) groups excluding carboxylic acids is 1. The first kappa shape index (κ1) is 12.7. The fourth-order valence-corrected chi connectivity index (χ4v) is 1.04. The van der Waals surface area contributed by atoms with E-state index in [2.05, 4.69) is 0 Å². The predicted octanol–water partition coefficient (Wildman–Crippen LogP) is 1.87. The Labute approximate surface area is 95.9 Å². The first-order chi connectivity index (χ1) is 7.39. The van der Waals surface area contributed by atoms with Gasteiger partial charge in [0.25, 0.3) is 0 Å². The summed E-state index contributed by atoms with van der Waals surface area (Å²) in [5.41, 5.74) is 0.445. The van der Waals surface area contributed by atoms with E-state index in [0.29, 0.717) is 6.54 Å². The standard InChI is InChI=1S/C12H18N2O2/c1-12(2,3)11(15)16-14(13)9-10-7-5-4-6-8-10/h4-8H,9,13H2,1-3H3. The van der Waals surface area contributed by atoms with E-state index in [1.165, 1.54) is 0 Å². The molecule has 0 atom stereocenters. The van der Waals surface area contributed by atoms with Gasteiger partial charge in [0.05, 0.1) is 12.0 Å². The molecule has 1 aromatic carbocycles. The minimum atomic E-state index is -0.547. The van der Waals surface area contributed by atoms with Crippen molar-refractivity contribution in [1.82, 2.24) is 5.17 Å². The van der Waals surface area contributed by atoms with Gasteiger partial charge in [-0.15, -0.1) is 0 Å². The molecule has 0 saturated heterocycles. The number of nitrogens with zero attached hydrogens (tertiary/aromatic N) is 1. The molecule has 0 amide bonds. The van der Waals surface area contributed by atoms with Crippen LogP contribution >= 0.6 is 0 Å². The van der Waals surface area contributed by atoms with Gasteiger partial charge in [-0.3, -0.25) is 0 Å². The van der Waals surface area contributed by atoms with Crippen LogP contribution in [0.2, 0.25) is 0 Å². The first-order valence-corrected chi connectivity index (χ1v) is 5.18. The van der Waals surface area contributed by atoms with Crippen LogP contribution in [0.3, 0.4) is 0 Å². The maximum Gasteiger partial charge on any atom is 0.332 e. The number of hydrogen-bond acceptors (Lipinski definition) is 4. The summed E-state index contributed by atoms with van der Waals surface area (Å²) < 4.78 is 0. The van der Waals surface area contributed by atoms with Crippen LogP contribution in [0.1, 0.15) is 26.3 Å². The summed E-state index contributed by atoms with van der Waals surface area (Å²) in [6.07, 6.45) is 0. The molecule has 4 nitrogen and oxygen atoms in total. The Hall–Kier alpha value is -1.39. The second kappa shape index (κ2) is 5.09. The summed E-state index contributed by atoms with van der Waals surface area (Å²) >= 11 is 0. The summed E-state index contributed by atoms with van der Waals surface area (Å²) in [4.78, 5) is 16.5. The predicted molar refractivity (Wildman–Crippen MR) is 61.7 cm³/mol. The van der Waals surface area contributed by atoms with Gasteiger partial charge in [-0.05, 0) is 26.3 Å². The lowest BCUT2D eigenvalue weighted by Gasteiger charge is -2.21. The lowest BCUT2D eigenvalue weighted by molar-refractivity contribution is -0.204. The van der Waals surface area contributed by atoms with Crippen molar-refractivity contribution in [3.8, 4) is 0 Å². The Kier molecular flexibility index (Phi) is 4.04. The van der Waals surface area contributed by atoms with Crippen molar-refractivity contribution in [2.75, 3.05) is 0 Å². The molecule has 0 heterocycles. The molecule has 0 aliphatic carbocycles. The Morgan fingerprint density at radius 1 is 1.31 bits per heavy atom. The Morgan fingerprint density at radius 3 is 2.38 bits per heavy atom. The largest absolute Gasteiger partial charge is 0.352 e. The summed E-state index contributed by atoms with van der Waals surface area (Å²) in [7, 11) is 0. The van der Waals surface area contributed by atoms with Crippen molar-refractivity contribution in [1.29, 1.82) is 0 Å². The minimum Gasteiger partial charge on any atom is -0.352 e. The van der Waals surface area contributed by atoms with Crippen molar-refractivity contribution in [3.05, 3.63) is 35.9 Å². The molecule has 0 fully saturated rings. The molecule has 0 aliphatic heterocycles. The number of hydroxylamine groups is 1. The number of rotatable bonds is 3. The highest BCUT2D eigenvalue weighted by molar-refractivity contribution is 5.75. The average Bonchev–Trinajstić information content (AvgIpc) is 2.17. The molecule has 0 unspecified atom stereocenters. The van der Waals surface area contributed by atoms with Gasteiger partial charge in [-0.25, -0.2) is 10.6 Å². The molecule has 0 aromatic heterocycles. The number of benzene rings is 1. The van der Waals surface area contributed by atoms with Gasteiger partial charge < -0.3 is 4.84 Å². The number of hydrazine groups is 1.